The largest absolute Gasteiger partial charge is 0.391 e. The highest BCUT2D eigenvalue weighted by atomic mass is 16.3. The van der Waals surface area contributed by atoms with Gasteiger partial charge < -0.3 is 10.4 Å². The Hall–Kier alpha value is -1.68. The Morgan fingerprint density at radius 3 is 2.08 bits per heavy atom. The van der Waals surface area contributed by atoms with Gasteiger partial charge in [-0.2, -0.15) is 0 Å². The lowest BCUT2D eigenvalue weighted by molar-refractivity contribution is 0.0252. The number of likely N-dealkylation sites (tertiary alicyclic amines) is 1. The Balaban J connectivity index is 1.71. The topological polar surface area (TPSA) is 35.5 Å². The lowest BCUT2D eigenvalue weighted by Gasteiger charge is -2.42. The van der Waals surface area contributed by atoms with Crippen molar-refractivity contribution in [1.82, 2.24) is 10.2 Å². The van der Waals surface area contributed by atoms with E-state index in [2.05, 4.69) is 91.7 Å². The van der Waals surface area contributed by atoms with Crippen LogP contribution in [0.25, 0.3) is 0 Å². The molecule has 1 saturated heterocycles. The first-order valence-electron chi connectivity index (χ1n) is 9.84. The SMILES string of the molecule is CC(C)C(N[C@@H]1CN(C(C)c2ccccc2)CC[C@H]1O)c1ccccc1. The summed E-state index contributed by atoms with van der Waals surface area (Å²) in [7, 11) is 0. The van der Waals surface area contributed by atoms with Gasteiger partial charge in [0.25, 0.3) is 0 Å². The van der Waals surface area contributed by atoms with E-state index in [4.69, 9.17) is 0 Å². The third-order valence-electron chi connectivity index (χ3n) is 5.66. The molecule has 1 heterocycles. The minimum Gasteiger partial charge on any atom is -0.391 e. The molecular formula is C23H32N2O. The number of nitrogens with one attached hydrogen (secondary N) is 1. The van der Waals surface area contributed by atoms with Gasteiger partial charge in [0.2, 0.25) is 0 Å². The Morgan fingerprint density at radius 2 is 1.50 bits per heavy atom. The maximum atomic E-state index is 10.6. The predicted octanol–water partition coefficient (Wildman–Crippen LogP) is 4.17. The zero-order chi connectivity index (χ0) is 18.5. The summed E-state index contributed by atoms with van der Waals surface area (Å²) in [6, 6.07) is 21.9. The van der Waals surface area contributed by atoms with Crippen LogP contribution >= 0.6 is 0 Å². The number of nitrogens with zero attached hydrogens (tertiary/aromatic N) is 1. The van der Waals surface area contributed by atoms with Crippen LogP contribution in [0.3, 0.4) is 0 Å². The molecule has 3 rings (SSSR count). The number of piperidine rings is 1. The molecule has 1 aliphatic heterocycles. The van der Waals surface area contributed by atoms with Crippen molar-refractivity contribution < 1.29 is 5.11 Å². The zero-order valence-electron chi connectivity index (χ0n) is 16.2. The molecule has 0 bridgehead atoms. The van der Waals surface area contributed by atoms with Crippen molar-refractivity contribution in [2.45, 2.75) is 51.4 Å². The molecule has 1 fully saturated rings. The zero-order valence-corrected chi connectivity index (χ0v) is 16.2. The second-order valence-electron chi connectivity index (χ2n) is 7.84. The van der Waals surface area contributed by atoms with E-state index in [0.29, 0.717) is 12.0 Å². The maximum Gasteiger partial charge on any atom is 0.0718 e. The van der Waals surface area contributed by atoms with Crippen molar-refractivity contribution >= 4 is 0 Å². The Bertz CT molecular complexity index is 658. The normalized spacial score (nSPS) is 23.7. The van der Waals surface area contributed by atoms with Gasteiger partial charge in [-0.3, -0.25) is 4.90 Å². The monoisotopic (exact) mass is 352 g/mol. The Labute approximate surface area is 158 Å². The molecular weight excluding hydrogens is 320 g/mol. The van der Waals surface area contributed by atoms with Crippen molar-refractivity contribution in [3.05, 3.63) is 71.8 Å². The van der Waals surface area contributed by atoms with Gasteiger partial charge in [0, 0.05) is 31.2 Å². The lowest BCUT2D eigenvalue weighted by Crippen LogP contribution is -2.55. The number of benzene rings is 2. The van der Waals surface area contributed by atoms with Crippen LogP contribution in [0.1, 0.15) is 50.4 Å². The molecule has 0 amide bonds. The molecule has 3 heteroatoms. The van der Waals surface area contributed by atoms with Crippen molar-refractivity contribution in [1.29, 1.82) is 0 Å². The number of aliphatic hydroxyl groups excluding tert-OH is 1. The van der Waals surface area contributed by atoms with E-state index < -0.39 is 0 Å². The summed E-state index contributed by atoms with van der Waals surface area (Å²) in [5.41, 5.74) is 2.63. The first kappa shape index (κ1) is 19.1. The van der Waals surface area contributed by atoms with Crippen LogP contribution in [0.5, 0.6) is 0 Å². The number of hydrogen-bond acceptors (Lipinski definition) is 3. The molecule has 26 heavy (non-hydrogen) atoms. The average molecular weight is 353 g/mol. The smallest absolute Gasteiger partial charge is 0.0718 e. The van der Waals surface area contributed by atoms with E-state index in [0.717, 1.165) is 19.5 Å². The van der Waals surface area contributed by atoms with Gasteiger partial charge in [-0.15, -0.1) is 0 Å². The van der Waals surface area contributed by atoms with Crippen LogP contribution in [-0.4, -0.2) is 35.2 Å². The fourth-order valence-electron chi connectivity index (χ4n) is 3.99. The van der Waals surface area contributed by atoms with Gasteiger partial charge in [-0.05, 0) is 30.4 Å². The molecule has 140 valence electrons. The molecule has 1 aliphatic rings. The van der Waals surface area contributed by atoms with Gasteiger partial charge in [-0.1, -0.05) is 74.5 Å². The van der Waals surface area contributed by atoms with Crippen LogP contribution in [0.2, 0.25) is 0 Å². The first-order chi connectivity index (χ1) is 12.6. The van der Waals surface area contributed by atoms with Crippen LogP contribution < -0.4 is 5.32 Å². The van der Waals surface area contributed by atoms with E-state index in [9.17, 15) is 5.11 Å². The maximum absolute atomic E-state index is 10.6. The van der Waals surface area contributed by atoms with Crippen molar-refractivity contribution in [3.8, 4) is 0 Å². The second-order valence-corrected chi connectivity index (χ2v) is 7.84. The fourth-order valence-corrected chi connectivity index (χ4v) is 3.99. The summed E-state index contributed by atoms with van der Waals surface area (Å²) < 4.78 is 0. The molecule has 2 N–H and O–H groups in total. The van der Waals surface area contributed by atoms with E-state index in [1.807, 2.05) is 0 Å². The number of hydrogen-bond donors (Lipinski definition) is 2. The third-order valence-corrected chi connectivity index (χ3v) is 5.66. The second kappa shape index (κ2) is 8.81. The van der Waals surface area contributed by atoms with Gasteiger partial charge >= 0.3 is 0 Å². The van der Waals surface area contributed by atoms with Crippen LogP contribution in [0, 0.1) is 5.92 Å². The highest BCUT2D eigenvalue weighted by molar-refractivity contribution is 5.21. The third kappa shape index (κ3) is 4.53. The van der Waals surface area contributed by atoms with Crippen molar-refractivity contribution in [2.24, 2.45) is 5.92 Å². The minimum absolute atomic E-state index is 0.0857. The van der Waals surface area contributed by atoms with E-state index in [-0.39, 0.29) is 18.2 Å². The molecule has 2 aromatic carbocycles. The molecule has 4 atom stereocenters. The molecule has 0 aliphatic carbocycles. The molecule has 0 spiro atoms. The van der Waals surface area contributed by atoms with Crippen LogP contribution in [-0.2, 0) is 0 Å². The summed E-state index contributed by atoms with van der Waals surface area (Å²) in [6.07, 6.45) is 0.522. The van der Waals surface area contributed by atoms with Gasteiger partial charge in [-0.25, -0.2) is 0 Å². The summed E-state index contributed by atoms with van der Waals surface area (Å²) in [4.78, 5) is 2.49. The molecule has 0 saturated carbocycles. The lowest BCUT2D eigenvalue weighted by atomic mass is 9.92. The summed E-state index contributed by atoms with van der Waals surface area (Å²) >= 11 is 0. The van der Waals surface area contributed by atoms with E-state index in [1.165, 1.54) is 11.1 Å². The summed E-state index contributed by atoms with van der Waals surface area (Å²) in [6.45, 7) is 8.55. The highest BCUT2D eigenvalue weighted by Gasteiger charge is 2.32. The molecule has 3 nitrogen and oxygen atoms in total. The molecule has 0 radical (unpaired) electrons. The standard InChI is InChI=1S/C23H32N2O/c1-17(2)23(20-12-8-5-9-13-20)24-21-16-25(15-14-22(21)26)18(3)19-10-6-4-7-11-19/h4-13,17-18,21-24,26H,14-16H2,1-3H3/t18?,21-,22-,23?/m1/s1. The number of rotatable bonds is 6. The van der Waals surface area contributed by atoms with Crippen LogP contribution in [0.4, 0.5) is 0 Å². The van der Waals surface area contributed by atoms with E-state index in [1.54, 1.807) is 0 Å². The van der Waals surface area contributed by atoms with Gasteiger partial charge in [0.1, 0.15) is 0 Å². The minimum atomic E-state index is -0.292. The van der Waals surface area contributed by atoms with Crippen molar-refractivity contribution in [2.75, 3.05) is 13.1 Å². The first-order valence-corrected chi connectivity index (χ1v) is 9.84. The highest BCUT2D eigenvalue weighted by Crippen LogP contribution is 2.27. The summed E-state index contributed by atoms with van der Waals surface area (Å²) in [5, 5.41) is 14.4. The predicted molar refractivity (Wildman–Crippen MR) is 108 cm³/mol. The Kier molecular flexibility index (Phi) is 6.47. The quantitative estimate of drug-likeness (QED) is 0.819. The molecule has 0 aromatic heterocycles. The molecule has 2 unspecified atom stereocenters. The van der Waals surface area contributed by atoms with E-state index >= 15 is 0 Å². The van der Waals surface area contributed by atoms with Gasteiger partial charge in [0.15, 0.2) is 0 Å². The molecule has 2 aromatic rings. The summed E-state index contributed by atoms with van der Waals surface area (Å²) in [5.74, 6) is 0.464. The van der Waals surface area contributed by atoms with Gasteiger partial charge in [0.05, 0.1) is 6.10 Å². The average Bonchev–Trinajstić information content (AvgIpc) is 2.68. The fraction of sp³-hybridized carbons (Fsp3) is 0.478. The van der Waals surface area contributed by atoms with Crippen molar-refractivity contribution in [3.63, 3.8) is 0 Å². The number of aliphatic hydroxyl groups is 1. The van der Waals surface area contributed by atoms with Crippen LogP contribution in [0.15, 0.2) is 60.7 Å². The Morgan fingerprint density at radius 1 is 0.923 bits per heavy atom.